The van der Waals surface area contributed by atoms with Crippen LogP contribution in [-0.4, -0.2) is 24.0 Å². The summed E-state index contributed by atoms with van der Waals surface area (Å²) in [5.74, 6) is 0.306. The maximum absolute atomic E-state index is 13.6. The Morgan fingerprint density at radius 2 is 2.16 bits per heavy atom. The van der Waals surface area contributed by atoms with Gasteiger partial charge in [0, 0.05) is 28.2 Å². The maximum atomic E-state index is 13.6. The van der Waals surface area contributed by atoms with Gasteiger partial charge in [-0.1, -0.05) is 6.07 Å². The summed E-state index contributed by atoms with van der Waals surface area (Å²) in [6.07, 6.45) is 2.40. The Labute approximate surface area is 145 Å². The molecule has 2 aromatic carbocycles. The number of hydrogen-bond acceptors (Lipinski definition) is 2. The fraction of sp³-hybridized carbons (Fsp3) is 0.250. The van der Waals surface area contributed by atoms with Crippen LogP contribution in [0.2, 0.25) is 0 Å². The molecule has 0 radical (unpaired) electrons. The lowest BCUT2D eigenvalue weighted by Gasteiger charge is -2.23. The molecular weight excluding hydrogens is 319 g/mol. The van der Waals surface area contributed by atoms with E-state index in [1.807, 2.05) is 6.07 Å². The fourth-order valence-electron chi connectivity index (χ4n) is 3.55. The molecule has 0 spiro atoms. The van der Waals surface area contributed by atoms with Crippen molar-refractivity contribution in [1.82, 2.24) is 10.3 Å². The molecule has 0 fully saturated rings. The molecule has 1 amide bonds. The van der Waals surface area contributed by atoms with Crippen molar-refractivity contribution in [2.45, 2.75) is 25.3 Å². The molecule has 5 heteroatoms. The summed E-state index contributed by atoms with van der Waals surface area (Å²) in [4.78, 5) is 15.9. The highest BCUT2D eigenvalue weighted by Crippen LogP contribution is 2.30. The molecule has 0 saturated heterocycles. The normalized spacial score (nSPS) is 16.5. The van der Waals surface area contributed by atoms with Crippen molar-refractivity contribution in [2.75, 3.05) is 7.11 Å². The van der Waals surface area contributed by atoms with E-state index in [1.165, 1.54) is 6.07 Å². The zero-order valence-corrected chi connectivity index (χ0v) is 13.9. The Balaban J connectivity index is 1.55. The number of aromatic nitrogens is 1. The molecule has 0 saturated carbocycles. The van der Waals surface area contributed by atoms with E-state index in [0.717, 1.165) is 35.0 Å². The molecule has 4 nitrogen and oxygen atoms in total. The van der Waals surface area contributed by atoms with Crippen LogP contribution in [0, 0.1) is 5.82 Å². The Hall–Kier alpha value is -2.82. The molecule has 3 aromatic rings. The number of carbonyl (C=O) groups is 1. The summed E-state index contributed by atoms with van der Waals surface area (Å²) in [5.41, 5.74) is 3.78. The molecular formula is C20H19FN2O2. The van der Waals surface area contributed by atoms with Gasteiger partial charge in [-0.3, -0.25) is 4.79 Å². The van der Waals surface area contributed by atoms with Gasteiger partial charge in [0.2, 0.25) is 0 Å². The minimum absolute atomic E-state index is 0.0356. The Morgan fingerprint density at radius 3 is 3.00 bits per heavy atom. The van der Waals surface area contributed by atoms with Gasteiger partial charge in [-0.05, 0) is 61.2 Å². The number of H-pyrrole nitrogens is 1. The number of benzene rings is 2. The molecule has 128 valence electrons. The minimum Gasteiger partial charge on any atom is -0.497 e. The van der Waals surface area contributed by atoms with E-state index >= 15 is 0 Å². The van der Waals surface area contributed by atoms with E-state index < -0.39 is 0 Å². The van der Waals surface area contributed by atoms with Crippen molar-refractivity contribution >= 4 is 16.8 Å². The molecule has 1 aliphatic carbocycles. The van der Waals surface area contributed by atoms with Crippen LogP contribution in [0.3, 0.4) is 0 Å². The number of rotatable bonds is 3. The van der Waals surface area contributed by atoms with Crippen LogP contribution < -0.4 is 10.1 Å². The predicted molar refractivity (Wildman–Crippen MR) is 94.5 cm³/mol. The third-order valence-electron chi connectivity index (χ3n) is 4.82. The smallest absolute Gasteiger partial charge is 0.251 e. The number of fused-ring (bicyclic) bond motifs is 3. The van der Waals surface area contributed by atoms with E-state index in [-0.39, 0.29) is 17.8 Å². The van der Waals surface area contributed by atoms with Crippen molar-refractivity contribution in [3.05, 3.63) is 65.1 Å². The van der Waals surface area contributed by atoms with Crippen molar-refractivity contribution in [2.24, 2.45) is 0 Å². The first-order valence-electron chi connectivity index (χ1n) is 8.38. The molecule has 1 atom stereocenters. The van der Waals surface area contributed by atoms with E-state index in [1.54, 1.807) is 37.4 Å². The van der Waals surface area contributed by atoms with Crippen LogP contribution in [-0.2, 0) is 12.8 Å². The standard InChI is InChI=1S/C20H19FN2O2/c1-25-15-4-2-3-12(9-15)20(24)22-14-6-8-19-17(11-14)16-10-13(21)5-7-18(16)23-19/h2-5,7,9-10,14,23H,6,8,11H2,1H3,(H,22,24). The van der Waals surface area contributed by atoms with E-state index in [4.69, 9.17) is 4.74 Å². The predicted octanol–water partition coefficient (Wildman–Crippen LogP) is 3.60. The van der Waals surface area contributed by atoms with Gasteiger partial charge in [-0.2, -0.15) is 0 Å². The zero-order chi connectivity index (χ0) is 17.4. The van der Waals surface area contributed by atoms with Crippen molar-refractivity contribution in [3.63, 3.8) is 0 Å². The molecule has 0 aliphatic heterocycles. The van der Waals surface area contributed by atoms with Gasteiger partial charge < -0.3 is 15.0 Å². The number of ether oxygens (including phenoxy) is 1. The van der Waals surface area contributed by atoms with Crippen LogP contribution in [0.1, 0.15) is 28.0 Å². The lowest BCUT2D eigenvalue weighted by Crippen LogP contribution is -2.38. The number of carbonyl (C=O) groups excluding carboxylic acids is 1. The topological polar surface area (TPSA) is 54.1 Å². The second-order valence-corrected chi connectivity index (χ2v) is 6.42. The number of hydrogen-bond donors (Lipinski definition) is 2. The summed E-state index contributed by atoms with van der Waals surface area (Å²) < 4.78 is 18.8. The van der Waals surface area contributed by atoms with Crippen molar-refractivity contribution < 1.29 is 13.9 Å². The Bertz CT molecular complexity index is 948. The first-order valence-corrected chi connectivity index (χ1v) is 8.38. The molecule has 0 bridgehead atoms. The van der Waals surface area contributed by atoms with Crippen LogP contribution in [0.4, 0.5) is 4.39 Å². The highest BCUT2D eigenvalue weighted by Gasteiger charge is 2.24. The number of halogens is 1. The van der Waals surface area contributed by atoms with E-state index in [2.05, 4.69) is 10.3 Å². The monoisotopic (exact) mass is 338 g/mol. The van der Waals surface area contributed by atoms with Gasteiger partial charge in [-0.25, -0.2) is 4.39 Å². The second-order valence-electron chi connectivity index (χ2n) is 6.42. The average molecular weight is 338 g/mol. The quantitative estimate of drug-likeness (QED) is 0.767. The molecule has 1 heterocycles. The van der Waals surface area contributed by atoms with Gasteiger partial charge in [-0.15, -0.1) is 0 Å². The summed E-state index contributed by atoms with van der Waals surface area (Å²) >= 11 is 0. The SMILES string of the molecule is COc1cccc(C(=O)NC2CCc3[nH]c4ccc(F)cc4c3C2)c1. The maximum Gasteiger partial charge on any atom is 0.251 e. The summed E-state index contributed by atoms with van der Waals surface area (Å²) in [6, 6.07) is 11.9. The third-order valence-corrected chi connectivity index (χ3v) is 4.82. The van der Waals surface area contributed by atoms with Gasteiger partial charge in [0.15, 0.2) is 0 Å². The van der Waals surface area contributed by atoms with Crippen molar-refractivity contribution in [3.8, 4) is 5.75 Å². The van der Waals surface area contributed by atoms with Crippen LogP contribution in [0.25, 0.3) is 10.9 Å². The number of aryl methyl sites for hydroxylation is 1. The highest BCUT2D eigenvalue weighted by atomic mass is 19.1. The lowest BCUT2D eigenvalue weighted by atomic mass is 9.91. The Morgan fingerprint density at radius 1 is 1.28 bits per heavy atom. The van der Waals surface area contributed by atoms with Crippen LogP contribution >= 0.6 is 0 Å². The summed E-state index contributed by atoms with van der Waals surface area (Å²) in [7, 11) is 1.58. The number of nitrogens with one attached hydrogen (secondary N) is 2. The van der Waals surface area contributed by atoms with E-state index in [9.17, 15) is 9.18 Å². The number of aromatic amines is 1. The van der Waals surface area contributed by atoms with Gasteiger partial charge >= 0.3 is 0 Å². The largest absolute Gasteiger partial charge is 0.497 e. The second kappa shape index (κ2) is 6.24. The Kier molecular flexibility index (Phi) is 3.92. The van der Waals surface area contributed by atoms with E-state index in [0.29, 0.717) is 17.7 Å². The van der Waals surface area contributed by atoms with Crippen molar-refractivity contribution in [1.29, 1.82) is 0 Å². The third kappa shape index (κ3) is 2.97. The number of amides is 1. The zero-order valence-electron chi connectivity index (χ0n) is 13.9. The fourth-order valence-corrected chi connectivity index (χ4v) is 3.55. The summed E-state index contributed by atoms with van der Waals surface area (Å²) in [5, 5.41) is 4.01. The lowest BCUT2D eigenvalue weighted by molar-refractivity contribution is 0.0933. The number of methoxy groups -OCH3 is 1. The van der Waals surface area contributed by atoms with Gasteiger partial charge in [0.1, 0.15) is 11.6 Å². The molecule has 1 unspecified atom stereocenters. The van der Waals surface area contributed by atoms with Crippen LogP contribution in [0.5, 0.6) is 5.75 Å². The minimum atomic E-state index is -0.239. The highest BCUT2D eigenvalue weighted by molar-refractivity contribution is 5.95. The van der Waals surface area contributed by atoms with Gasteiger partial charge in [0.25, 0.3) is 5.91 Å². The first kappa shape index (κ1) is 15.7. The molecule has 4 rings (SSSR count). The summed E-state index contributed by atoms with van der Waals surface area (Å²) in [6.45, 7) is 0. The molecule has 25 heavy (non-hydrogen) atoms. The molecule has 2 N–H and O–H groups in total. The van der Waals surface area contributed by atoms with Crippen LogP contribution in [0.15, 0.2) is 42.5 Å². The molecule has 1 aliphatic rings. The van der Waals surface area contributed by atoms with Gasteiger partial charge in [0.05, 0.1) is 7.11 Å². The average Bonchev–Trinajstić information content (AvgIpc) is 2.99. The molecule has 1 aromatic heterocycles. The first-order chi connectivity index (χ1) is 12.1.